The number of nitrogens with one attached hydrogen (secondary N) is 1. The summed E-state index contributed by atoms with van der Waals surface area (Å²) in [7, 11) is 1.37. The van der Waals surface area contributed by atoms with Gasteiger partial charge in [0.15, 0.2) is 0 Å². The molecule has 0 bridgehead atoms. The van der Waals surface area contributed by atoms with E-state index in [1.165, 1.54) is 7.11 Å². The summed E-state index contributed by atoms with van der Waals surface area (Å²) >= 11 is 3.09. The van der Waals surface area contributed by atoms with Gasteiger partial charge in [0, 0.05) is 11.0 Å². The third-order valence-corrected chi connectivity index (χ3v) is 1.01. The quantitative estimate of drug-likeness (QED) is 0.559. The zero-order valence-electron chi connectivity index (χ0n) is 6.13. The lowest BCUT2D eigenvalue weighted by molar-refractivity contribution is -0.114. The van der Waals surface area contributed by atoms with Crippen LogP contribution in [-0.4, -0.2) is 25.8 Å². The molecule has 0 aromatic rings. The molecule has 0 fully saturated rings. The van der Waals surface area contributed by atoms with E-state index in [0.29, 0.717) is 11.0 Å². The highest BCUT2D eigenvalue weighted by Crippen LogP contribution is 1.95. The Hall–Kier alpha value is -0.840. The Morgan fingerprint density at radius 1 is 1.91 bits per heavy atom. The average Bonchev–Trinajstić information content (AvgIpc) is 1.97. The second-order valence-electron chi connectivity index (χ2n) is 1.65. The van der Waals surface area contributed by atoms with Gasteiger partial charge in [-0.05, 0) is 0 Å². The standard InChI is InChI=1S/C6H9BrN2O2/c1-5(7)3-8-6(10)4-9-11-2/h4H,1,3H2,2H3,(H,8,10)/b9-4+. The molecule has 0 aliphatic carbocycles. The molecule has 0 rings (SSSR count). The number of carbonyl (C=O) groups excluding carboxylic acids is 1. The summed E-state index contributed by atoms with van der Waals surface area (Å²) in [5.41, 5.74) is 0. The molecule has 0 unspecified atom stereocenters. The molecule has 62 valence electrons. The van der Waals surface area contributed by atoms with Crippen LogP contribution in [0.25, 0.3) is 0 Å². The molecule has 0 spiro atoms. The Labute approximate surface area is 73.4 Å². The van der Waals surface area contributed by atoms with Gasteiger partial charge in [0.05, 0.1) is 0 Å². The minimum absolute atomic E-state index is 0.313. The lowest BCUT2D eigenvalue weighted by Gasteiger charge is -1.97. The van der Waals surface area contributed by atoms with Gasteiger partial charge in [-0.3, -0.25) is 4.79 Å². The van der Waals surface area contributed by atoms with Crippen molar-refractivity contribution in [1.29, 1.82) is 0 Å². The highest BCUT2D eigenvalue weighted by Gasteiger charge is 1.94. The third-order valence-electron chi connectivity index (χ3n) is 0.730. The predicted octanol–water partition coefficient (Wildman–Crippen LogP) is 0.643. The summed E-state index contributed by atoms with van der Waals surface area (Å²) < 4.78 is 0.705. The maximum absolute atomic E-state index is 10.7. The fourth-order valence-corrected chi connectivity index (χ4v) is 0.469. The molecule has 0 saturated heterocycles. The zero-order valence-corrected chi connectivity index (χ0v) is 7.72. The number of rotatable bonds is 4. The summed E-state index contributed by atoms with van der Waals surface area (Å²) in [4.78, 5) is 15.0. The minimum Gasteiger partial charge on any atom is -0.399 e. The van der Waals surface area contributed by atoms with Crippen LogP contribution >= 0.6 is 15.9 Å². The van der Waals surface area contributed by atoms with Gasteiger partial charge in [0.2, 0.25) is 0 Å². The number of nitrogens with zero attached hydrogens (tertiary/aromatic N) is 1. The molecule has 0 heterocycles. The van der Waals surface area contributed by atoms with Crippen LogP contribution in [-0.2, 0) is 9.63 Å². The monoisotopic (exact) mass is 220 g/mol. The van der Waals surface area contributed by atoms with Crippen LogP contribution in [0.1, 0.15) is 0 Å². The second-order valence-corrected chi connectivity index (χ2v) is 2.77. The average molecular weight is 221 g/mol. The SMILES string of the molecule is C=C(Br)CNC(=O)/C=N/OC. The predicted molar refractivity (Wildman–Crippen MR) is 46.6 cm³/mol. The van der Waals surface area contributed by atoms with Crippen LogP contribution in [0, 0.1) is 0 Å². The summed E-state index contributed by atoms with van der Waals surface area (Å²) in [6, 6.07) is 0. The Bertz CT molecular complexity index is 179. The highest BCUT2D eigenvalue weighted by atomic mass is 79.9. The van der Waals surface area contributed by atoms with Crippen LogP contribution in [0.3, 0.4) is 0 Å². The van der Waals surface area contributed by atoms with Crippen LogP contribution in [0.15, 0.2) is 16.2 Å². The molecular formula is C6H9BrN2O2. The summed E-state index contributed by atoms with van der Waals surface area (Å²) in [5, 5.41) is 5.77. The van der Waals surface area contributed by atoms with Gasteiger partial charge >= 0.3 is 0 Å². The van der Waals surface area contributed by atoms with Crippen LogP contribution in [0.5, 0.6) is 0 Å². The van der Waals surface area contributed by atoms with E-state index in [2.05, 4.69) is 37.8 Å². The van der Waals surface area contributed by atoms with Crippen molar-refractivity contribution >= 4 is 28.1 Å². The van der Waals surface area contributed by atoms with Crippen molar-refractivity contribution in [3.8, 4) is 0 Å². The molecule has 4 nitrogen and oxygen atoms in total. The van der Waals surface area contributed by atoms with Crippen molar-refractivity contribution in [2.24, 2.45) is 5.16 Å². The number of amides is 1. The normalized spacial score (nSPS) is 9.64. The third kappa shape index (κ3) is 7.05. The van der Waals surface area contributed by atoms with Crippen molar-refractivity contribution in [2.75, 3.05) is 13.7 Å². The molecule has 11 heavy (non-hydrogen) atoms. The Morgan fingerprint density at radius 3 is 3.00 bits per heavy atom. The van der Waals surface area contributed by atoms with Gasteiger partial charge < -0.3 is 10.2 Å². The van der Waals surface area contributed by atoms with E-state index >= 15 is 0 Å². The van der Waals surface area contributed by atoms with Crippen molar-refractivity contribution in [3.05, 3.63) is 11.1 Å². The smallest absolute Gasteiger partial charge is 0.266 e. The van der Waals surface area contributed by atoms with Crippen molar-refractivity contribution in [2.45, 2.75) is 0 Å². The minimum atomic E-state index is -0.313. The lowest BCUT2D eigenvalue weighted by atomic mass is 10.6. The lowest BCUT2D eigenvalue weighted by Crippen LogP contribution is -2.25. The molecule has 0 saturated carbocycles. The summed E-state index contributed by atoms with van der Waals surface area (Å²) in [6.45, 7) is 3.92. The maximum atomic E-state index is 10.7. The maximum Gasteiger partial charge on any atom is 0.266 e. The first-order valence-corrected chi connectivity index (χ1v) is 3.63. The van der Waals surface area contributed by atoms with E-state index < -0.39 is 0 Å². The number of hydrogen-bond acceptors (Lipinski definition) is 3. The molecule has 5 heteroatoms. The molecule has 0 aromatic heterocycles. The van der Waals surface area contributed by atoms with Gasteiger partial charge in [0.25, 0.3) is 5.91 Å². The van der Waals surface area contributed by atoms with Gasteiger partial charge in [0.1, 0.15) is 13.3 Å². The largest absolute Gasteiger partial charge is 0.399 e. The molecule has 0 aliphatic heterocycles. The van der Waals surface area contributed by atoms with Gasteiger partial charge in [-0.2, -0.15) is 0 Å². The molecule has 0 aromatic carbocycles. The fraction of sp³-hybridized carbons (Fsp3) is 0.333. The highest BCUT2D eigenvalue weighted by molar-refractivity contribution is 9.11. The first-order valence-electron chi connectivity index (χ1n) is 2.84. The van der Waals surface area contributed by atoms with Gasteiger partial charge in [-0.15, -0.1) is 0 Å². The van der Waals surface area contributed by atoms with Gasteiger partial charge in [-0.25, -0.2) is 0 Å². The van der Waals surface area contributed by atoms with Crippen molar-refractivity contribution in [3.63, 3.8) is 0 Å². The Kier molecular flexibility index (Phi) is 5.46. The molecule has 0 aliphatic rings. The van der Waals surface area contributed by atoms with Crippen molar-refractivity contribution in [1.82, 2.24) is 5.32 Å². The first kappa shape index (κ1) is 10.2. The van der Waals surface area contributed by atoms with E-state index in [-0.39, 0.29) is 5.91 Å². The summed E-state index contributed by atoms with van der Waals surface area (Å²) in [6.07, 6.45) is 1.05. The Morgan fingerprint density at radius 2 is 2.55 bits per heavy atom. The molecular weight excluding hydrogens is 212 g/mol. The van der Waals surface area contributed by atoms with E-state index in [1.54, 1.807) is 0 Å². The van der Waals surface area contributed by atoms with Crippen LogP contribution in [0.4, 0.5) is 0 Å². The second kappa shape index (κ2) is 5.91. The van der Waals surface area contributed by atoms with E-state index in [1.807, 2.05) is 0 Å². The van der Waals surface area contributed by atoms with Gasteiger partial charge in [-0.1, -0.05) is 27.7 Å². The zero-order chi connectivity index (χ0) is 8.69. The topological polar surface area (TPSA) is 50.7 Å². The molecule has 1 amide bonds. The van der Waals surface area contributed by atoms with E-state index in [4.69, 9.17) is 0 Å². The van der Waals surface area contributed by atoms with E-state index in [9.17, 15) is 4.79 Å². The van der Waals surface area contributed by atoms with Crippen molar-refractivity contribution < 1.29 is 9.63 Å². The Balaban J connectivity index is 3.53. The molecule has 0 radical (unpaired) electrons. The number of carbonyl (C=O) groups is 1. The molecule has 0 atom stereocenters. The number of halogens is 1. The molecule has 1 N–H and O–H groups in total. The van der Waals surface area contributed by atoms with Crippen LogP contribution < -0.4 is 5.32 Å². The number of oxime groups is 1. The van der Waals surface area contributed by atoms with Crippen LogP contribution in [0.2, 0.25) is 0 Å². The first-order chi connectivity index (χ1) is 5.16. The van der Waals surface area contributed by atoms with E-state index in [0.717, 1.165) is 6.21 Å². The number of hydrogen-bond donors (Lipinski definition) is 1. The fourth-order valence-electron chi connectivity index (χ4n) is 0.329. The summed E-state index contributed by atoms with van der Waals surface area (Å²) in [5.74, 6) is -0.313.